The van der Waals surface area contributed by atoms with Gasteiger partial charge in [0.05, 0.1) is 6.10 Å². The quantitative estimate of drug-likeness (QED) is 0.752. The summed E-state index contributed by atoms with van der Waals surface area (Å²) in [5.41, 5.74) is 1.34. The Morgan fingerprint density at radius 2 is 1.90 bits per heavy atom. The fourth-order valence-electron chi connectivity index (χ4n) is 2.80. The number of ether oxygens (including phenoxy) is 1. The van der Waals surface area contributed by atoms with Crippen molar-refractivity contribution in [2.75, 3.05) is 20.1 Å². The Morgan fingerprint density at radius 1 is 1.24 bits per heavy atom. The Hall–Kier alpha value is -1.06. The Kier molecular flexibility index (Phi) is 6.07. The minimum Gasteiger partial charge on any atom is -0.491 e. The van der Waals surface area contributed by atoms with Crippen molar-refractivity contribution in [3.05, 3.63) is 29.8 Å². The second-order valence-electron chi connectivity index (χ2n) is 6.30. The summed E-state index contributed by atoms with van der Waals surface area (Å²) >= 11 is 0. The van der Waals surface area contributed by atoms with Crippen LogP contribution in [0.1, 0.15) is 51.6 Å². The molecule has 118 valence electrons. The van der Waals surface area contributed by atoms with Crippen LogP contribution in [0.4, 0.5) is 0 Å². The van der Waals surface area contributed by atoms with E-state index in [0.29, 0.717) is 6.04 Å². The van der Waals surface area contributed by atoms with Gasteiger partial charge in [0.25, 0.3) is 0 Å². The Labute approximate surface area is 129 Å². The first-order chi connectivity index (χ1) is 10.1. The van der Waals surface area contributed by atoms with Gasteiger partial charge in [0, 0.05) is 18.6 Å². The molecule has 0 bridgehead atoms. The van der Waals surface area contributed by atoms with Crippen molar-refractivity contribution in [2.24, 2.45) is 0 Å². The number of nitrogens with one attached hydrogen (secondary N) is 1. The molecule has 1 aromatic rings. The zero-order valence-corrected chi connectivity index (χ0v) is 13.9. The van der Waals surface area contributed by atoms with Gasteiger partial charge < -0.3 is 10.1 Å². The van der Waals surface area contributed by atoms with E-state index in [4.69, 9.17) is 4.74 Å². The molecule has 0 saturated heterocycles. The zero-order valence-electron chi connectivity index (χ0n) is 13.9. The number of nitrogens with zero attached hydrogens (tertiary/aromatic N) is 1. The summed E-state index contributed by atoms with van der Waals surface area (Å²) in [6.07, 6.45) is 4.20. The molecule has 1 aliphatic carbocycles. The lowest BCUT2D eigenvalue weighted by Crippen LogP contribution is -2.35. The van der Waals surface area contributed by atoms with Gasteiger partial charge in [-0.2, -0.15) is 0 Å². The first-order valence-corrected chi connectivity index (χ1v) is 8.32. The van der Waals surface area contributed by atoms with Gasteiger partial charge in [0.15, 0.2) is 0 Å². The van der Waals surface area contributed by atoms with Crippen LogP contribution in [0.25, 0.3) is 0 Å². The predicted molar refractivity (Wildman–Crippen MR) is 88.9 cm³/mol. The molecule has 1 atom stereocenters. The topological polar surface area (TPSA) is 24.5 Å². The second kappa shape index (κ2) is 7.81. The van der Waals surface area contributed by atoms with Crippen molar-refractivity contribution in [3.63, 3.8) is 0 Å². The molecule has 0 aliphatic heterocycles. The monoisotopic (exact) mass is 290 g/mol. The zero-order chi connectivity index (χ0) is 15.2. The molecule has 3 heteroatoms. The van der Waals surface area contributed by atoms with Crippen LogP contribution < -0.4 is 10.1 Å². The smallest absolute Gasteiger partial charge is 0.119 e. The molecule has 1 unspecified atom stereocenters. The first kappa shape index (κ1) is 16.3. The lowest BCUT2D eigenvalue weighted by atomic mass is 10.1. The maximum atomic E-state index is 5.72. The van der Waals surface area contributed by atoms with Crippen molar-refractivity contribution >= 4 is 0 Å². The lowest BCUT2D eigenvalue weighted by molar-refractivity contribution is 0.236. The maximum Gasteiger partial charge on any atom is 0.119 e. The molecular formula is C18H30N2O. The van der Waals surface area contributed by atoms with Crippen molar-refractivity contribution in [2.45, 2.75) is 58.2 Å². The van der Waals surface area contributed by atoms with E-state index in [-0.39, 0.29) is 6.10 Å². The van der Waals surface area contributed by atoms with E-state index in [1.165, 1.54) is 31.4 Å². The van der Waals surface area contributed by atoms with Crippen LogP contribution >= 0.6 is 0 Å². The Balaban J connectivity index is 1.99. The molecule has 0 amide bonds. The highest BCUT2D eigenvalue weighted by Gasteiger charge is 2.29. The van der Waals surface area contributed by atoms with Gasteiger partial charge in [0.1, 0.15) is 5.75 Å². The Bertz CT molecular complexity index is 412. The van der Waals surface area contributed by atoms with E-state index in [0.717, 1.165) is 18.3 Å². The molecule has 1 saturated carbocycles. The summed E-state index contributed by atoms with van der Waals surface area (Å²) in [4.78, 5) is 2.64. The van der Waals surface area contributed by atoms with Gasteiger partial charge in [-0.1, -0.05) is 19.1 Å². The molecule has 1 aromatic carbocycles. The van der Waals surface area contributed by atoms with E-state index in [2.05, 4.69) is 62.3 Å². The summed E-state index contributed by atoms with van der Waals surface area (Å²) in [6, 6.07) is 9.77. The minimum absolute atomic E-state index is 0.228. The number of rotatable bonds is 9. The second-order valence-corrected chi connectivity index (χ2v) is 6.30. The molecule has 0 radical (unpaired) electrons. The van der Waals surface area contributed by atoms with E-state index in [1.807, 2.05) is 0 Å². The van der Waals surface area contributed by atoms with E-state index < -0.39 is 0 Å². The molecule has 21 heavy (non-hydrogen) atoms. The third kappa shape index (κ3) is 5.01. The largest absolute Gasteiger partial charge is 0.491 e. The number of hydrogen-bond donors (Lipinski definition) is 1. The molecule has 0 aromatic heterocycles. The summed E-state index contributed by atoms with van der Waals surface area (Å²) in [7, 11) is 2.06. The summed E-state index contributed by atoms with van der Waals surface area (Å²) in [5, 5.41) is 3.47. The third-order valence-corrected chi connectivity index (χ3v) is 3.99. The lowest BCUT2D eigenvalue weighted by Gasteiger charge is -2.27. The minimum atomic E-state index is 0.228. The van der Waals surface area contributed by atoms with Crippen molar-refractivity contribution in [1.29, 1.82) is 0 Å². The summed E-state index contributed by atoms with van der Waals surface area (Å²) in [5.74, 6) is 0.955. The molecule has 1 aliphatic rings. The highest BCUT2D eigenvalue weighted by molar-refractivity contribution is 5.29. The van der Waals surface area contributed by atoms with Crippen molar-refractivity contribution in [1.82, 2.24) is 10.2 Å². The van der Waals surface area contributed by atoms with Gasteiger partial charge in [-0.25, -0.2) is 0 Å². The number of hydrogen-bond acceptors (Lipinski definition) is 3. The van der Waals surface area contributed by atoms with E-state index in [1.54, 1.807) is 0 Å². The normalized spacial score (nSPS) is 16.5. The van der Waals surface area contributed by atoms with Crippen LogP contribution in [-0.2, 0) is 0 Å². The fourth-order valence-corrected chi connectivity index (χ4v) is 2.80. The fraction of sp³-hybridized carbons (Fsp3) is 0.667. The van der Waals surface area contributed by atoms with Crippen LogP contribution in [-0.4, -0.2) is 37.2 Å². The maximum absolute atomic E-state index is 5.72. The van der Waals surface area contributed by atoms with Gasteiger partial charge in [-0.05, 0) is 64.4 Å². The van der Waals surface area contributed by atoms with Crippen LogP contribution in [0.3, 0.4) is 0 Å². The standard InChI is InChI=1S/C18H30N2O/c1-5-12-20(16-8-9-16)13-18(19-4)15-6-10-17(11-7-15)21-14(2)3/h6-7,10-11,14,16,18-19H,5,8-9,12-13H2,1-4H3. The van der Waals surface area contributed by atoms with Crippen LogP contribution in [0.2, 0.25) is 0 Å². The molecule has 1 N–H and O–H groups in total. The average Bonchev–Trinajstić information content (AvgIpc) is 3.28. The molecule has 3 nitrogen and oxygen atoms in total. The molecule has 2 rings (SSSR count). The third-order valence-electron chi connectivity index (χ3n) is 3.99. The molecule has 0 heterocycles. The van der Waals surface area contributed by atoms with Gasteiger partial charge >= 0.3 is 0 Å². The van der Waals surface area contributed by atoms with Crippen LogP contribution in [0, 0.1) is 0 Å². The van der Waals surface area contributed by atoms with E-state index >= 15 is 0 Å². The molecular weight excluding hydrogens is 260 g/mol. The Morgan fingerprint density at radius 3 is 2.38 bits per heavy atom. The van der Waals surface area contributed by atoms with Crippen LogP contribution in [0.5, 0.6) is 5.75 Å². The van der Waals surface area contributed by atoms with Gasteiger partial charge in [0.2, 0.25) is 0 Å². The summed E-state index contributed by atoms with van der Waals surface area (Å²) in [6.45, 7) is 8.68. The predicted octanol–water partition coefficient (Wildman–Crippen LogP) is 3.61. The van der Waals surface area contributed by atoms with Crippen molar-refractivity contribution in [3.8, 4) is 5.75 Å². The molecule has 0 spiro atoms. The van der Waals surface area contributed by atoms with Gasteiger partial charge in [-0.15, -0.1) is 0 Å². The highest BCUT2D eigenvalue weighted by atomic mass is 16.5. The SMILES string of the molecule is CCCN(CC(NC)c1ccc(OC(C)C)cc1)C1CC1. The average molecular weight is 290 g/mol. The number of benzene rings is 1. The summed E-state index contributed by atoms with van der Waals surface area (Å²) < 4.78 is 5.72. The number of likely N-dealkylation sites (N-methyl/N-ethyl adjacent to an activating group) is 1. The molecule has 1 fully saturated rings. The van der Waals surface area contributed by atoms with E-state index in [9.17, 15) is 0 Å². The first-order valence-electron chi connectivity index (χ1n) is 8.32. The highest BCUT2D eigenvalue weighted by Crippen LogP contribution is 2.29. The van der Waals surface area contributed by atoms with Crippen molar-refractivity contribution < 1.29 is 4.74 Å². The van der Waals surface area contributed by atoms with Gasteiger partial charge in [-0.3, -0.25) is 4.90 Å². The van der Waals surface area contributed by atoms with Crippen LogP contribution in [0.15, 0.2) is 24.3 Å².